The van der Waals surface area contributed by atoms with Crippen LogP contribution in [0.2, 0.25) is 0 Å². The molecule has 9 heteroatoms. The molecule has 31 heavy (non-hydrogen) atoms. The van der Waals surface area contributed by atoms with Gasteiger partial charge in [-0.05, 0) is 44.5 Å². The highest BCUT2D eigenvalue weighted by molar-refractivity contribution is 6.16. The Morgan fingerprint density at radius 2 is 2.06 bits per heavy atom. The van der Waals surface area contributed by atoms with Gasteiger partial charge in [-0.1, -0.05) is 13.5 Å². The zero-order valence-corrected chi connectivity index (χ0v) is 17.7. The van der Waals surface area contributed by atoms with Crippen molar-refractivity contribution >= 4 is 17.4 Å². The molecule has 3 aromatic rings. The number of fused-ring (bicyclic) bond motifs is 1. The van der Waals surface area contributed by atoms with Crippen LogP contribution in [0.25, 0.3) is 22.9 Å². The van der Waals surface area contributed by atoms with Gasteiger partial charge in [0.15, 0.2) is 5.82 Å². The van der Waals surface area contributed by atoms with Crippen LogP contribution in [-0.4, -0.2) is 41.1 Å². The first-order valence-corrected chi connectivity index (χ1v) is 10.1. The summed E-state index contributed by atoms with van der Waals surface area (Å²) in [5, 5.41) is 20.4. The molecule has 2 N–H and O–H groups in total. The summed E-state index contributed by atoms with van der Waals surface area (Å²) in [5.41, 5.74) is 1.40. The number of halogens is 1. The van der Waals surface area contributed by atoms with Gasteiger partial charge in [0.05, 0.1) is 6.04 Å². The largest absolute Gasteiger partial charge is 0.346 e. The molecule has 0 aliphatic carbocycles. The lowest BCUT2D eigenvalue weighted by Gasteiger charge is -2.40. The SMILES string of the molecule is C=C(NC=C1C(=N)N(C(C)C)[C@H](CC)c2nncn21)n1ccnc1-c1ccc(F)cc1. The predicted molar refractivity (Wildman–Crippen MR) is 118 cm³/mol. The molecule has 1 atom stereocenters. The second-order valence-corrected chi connectivity index (χ2v) is 7.58. The van der Waals surface area contributed by atoms with Gasteiger partial charge in [-0.15, -0.1) is 10.2 Å². The Kier molecular flexibility index (Phi) is 5.41. The first kappa shape index (κ1) is 20.5. The van der Waals surface area contributed by atoms with Crippen LogP contribution in [0.1, 0.15) is 39.1 Å². The number of amidine groups is 1. The number of aromatic nitrogens is 5. The predicted octanol–water partition coefficient (Wildman–Crippen LogP) is 3.95. The van der Waals surface area contributed by atoms with Crippen LogP contribution >= 0.6 is 0 Å². The summed E-state index contributed by atoms with van der Waals surface area (Å²) in [7, 11) is 0. The lowest BCUT2D eigenvalue weighted by atomic mass is 10.1. The molecular weight excluding hydrogens is 395 g/mol. The van der Waals surface area contributed by atoms with Crippen LogP contribution < -0.4 is 5.32 Å². The van der Waals surface area contributed by atoms with Crippen LogP contribution in [-0.2, 0) is 0 Å². The second kappa shape index (κ2) is 8.17. The number of benzene rings is 1. The molecule has 1 aliphatic rings. The summed E-state index contributed by atoms with van der Waals surface area (Å²) in [6.45, 7) is 10.3. The van der Waals surface area contributed by atoms with E-state index in [9.17, 15) is 4.39 Å². The van der Waals surface area contributed by atoms with Crippen molar-refractivity contribution < 1.29 is 4.39 Å². The van der Waals surface area contributed by atoms with E-state index in [4.69, 9.17) is 5.41 Å². The summed E-state index contributed by atoms with van der Waals surface area (Å²) >= 11 is 0. The van der Waals surface area contributed by atoms with E-state index in [1.54, 1.807) is 41.6 Å². The van der Waals surface area contributed by atoms with Gasteiger partial charge in [0, 0.05) is 30.2 Å². The lowest BCUT2D eigenvalue weighted by molar-refractivity contribution is 0.238. The third-order valence-electron chi connectivity index (χ3n) is 5.32. The highest BCUT2D eigenvalue weighted by Crippen LogP contribution is 2.33. The monoisotopic (exact) mass is 420 g/mol. The van der Waals surface area contributed by atoms with Crippen LogP contribution in [0.4, 0.5) is 4.39 Å². The van der Waals surface area contributed by atoms with E-state index < -0.39 is 0 Å². The fraction of sp³-hybridized carbons (Fsp3) is 0.273. The van der Waals surface area contributed by atoms with E-state index in [1.165, 1.54) is 12.1 Å². The molecule has 0 saturated carbocycles. The molecule has 0 fully saturated rings. The van der Waals surface area contributed by atoms with Gasteiger partial charge in [0.1, 0.15) is 35.3 Å². The minimum absolute atomic E-state index is 0.00548. The fourth-order valence-corrected chi connectivity index (χ4v) is 3.87. The Morgan fingerprint density at radius 3 is 2.74 bits per heavy atom. The van der Waals surface area contributed by atoms with E-state index in [2.05, 4.69) is 47.8 Å². The topological polar surface area (TPSA) is 87.7 Å². The first-order valence-electron chi connectivity index (χ1n) is 10.1. The quantitative estimate of drug-likeness (QED) is 0.631. The van der Waals surface area contributed by atoms with Crippen molar-refractivity contribution in [2.75, 3.05) is 0 Å². The Hall–Kier alpha value is -3.75. The maximum Gasteiger partial charge on any atom is 0.160 e. The summed E-state index contributed by atoms with van der Waals surface area (Å²) in [6, 6.07) is 6.27. The van der Waals surface area contributed by atoms with Gasteiger partial charge < -0.3 is 10.2 Å². The summed E-state index contributed by atoms with van der Waals surface area (Å²) < 4.78 is 16.9. The van der Waals surface area contributed by atoms with Gasteiger partial charge in [-0.2, -0.15) is 0 Å². The highest BCUT2D eigenvalue weighted by atomic mass is 19.1. The summed E-state index contributed by atoms with van der Waals surface area (Å²) in [6.07, 6.45) is 7.61. The molecule has 4 rings (SSSR count). The Morgan fingerprint density at radius 1 is 1.32 bits per heavy atom. The number of nitrogens with zero attached hydrogens (tertiary/aromatic N) is 6. The Bertz CT molecular complexity index is 1140. The van der Waals surface area contributed by atoms with Crippen LogP contribution in [0, 0.1) is 11.2 Å². The van der Waals surface area contributed by atoms with Crippen molar-refractivity contribution in [1.29, 1.82) is 5.41 Å². The van der Waals surface area contributed by atoms with E-state index in [1.807, 2.05) is 9.47 Å². The average molecular weight is 420 g/mol. The molecule has 3 heterocycles. The molecule has 2 aromatic heterocycles. The second-order valence-electron chi connectivity index (χ2n) is 7.58. The summed E-state index contributed by atoms with van der Waals surface area (Å²) in [5.74, 6) is 2.07. The molecule has 160 valence electrons. The van der Waals surface area contributed by atoms with Gasteiger partial charge in [0.25, 0.3) is 0 Å². The van der Waals surface area contributed by atoms with Crippen LogP contribution in [0.5, 0.6) is 0 Å². The van der Waals surface area contributed by atoms with Crippen molar-refractivity contribution in [3.8, 4) is 11.4 Å². The third-order valence-corrected chi connectivity index (χ3v) is 5.32. The van der Waals surface area contributed by atoms with Crippen molar-refractivity contribution in [3.05, 3.63) is 67.4 Å². The minimum Gasteiger partial charge on any atom is -0.346 e. The molecule has 0 radical (unpaired) electrons. The number of hydrogen-bond donors (Lipinski definition) is 2. The third kappa shape index (κ3) is 3.63. The number of nitrogens with one attached hydrogen (secondary N) is 2. The first-order chi connectivity index (χ1) is 14.9. The molecule has 0 bridgehead atoms. The number of rotatable bonds is 6. The summed E-state index contributed by atoms with van der Waals surface area (Å²) in [4.78, 5) is 6.42. The van der Waals surface area contributed by atoms with Crippen LogP contribution in [0.15, 0.2) is 55.8 Å². The maximum atomic E-state index is 13.3. The molecule has 1 aliphatic heterocycles. The van der Waals surface area contributed by atoms with Gasteiger partial charge in [-0.3, -0.25) is 14.5 Å². The Balaban J connectivity index is 1.65. The highest BCUT2D eigenvalue weighted by Gasteiger charge is 2.35. The molecule has 0 amide bonds. The normalized spacial score (nSPS) is 17.3. The van der Waals surface area contributed by atoms with E-state index in [0.29, 0.717) is 23.2 Å². The number of hydrogen-bond acceptors (Lipinski definition) is 5. The van der Waals surface area contributed by atoms with E-state index in [0.717, 1.165) is 17.8 Å². The smallest absolute Gasteiger partial charge is 0.160 e. The molecule has 0 spiro atoms. The van der Waals surface area contributed by atoms with E-state index in [-0.39, 0.29) is 17.9 Å². The van der Waals surface area contributed by atoms with Gasteiger partial charge in [0.2, 0.25) is 0 Å². The fourth-order valence-electron chi connectivity index (χ4n) is 3.87. The molecule has 0 unspecified atom stereocenters. The zero-order valence-electron chi connectivity index (χ0n) is 17.7. The van der Waals surface area contributed by atoms with Crippen LogP contribution in [0.3, 0.4) is 0 Å². The zero-order chi connectivity index (χ0) is 22.1. The van der Waals surface area contributed by atoms with Crippen molar-refractivity contribution in [3.63, 3.8) is 0 Å². The van der Waals surface area contributed by atoms with Gasteiger partial charge >= 0.3 is 0 Å². The molecule has 1 aromatic carbocycles. The minimum atomic E-state index is -0.302. The molecular formula is C22H25FN8. The standard InChI is InChI=1S/C22H25FN8/c1-5-18-22-28-27-13-30(22)19(20(24)31(18)14(2)3)12-26-15(4)29-11-10-25-21(29)16-6-8-17(23)9-7-16/h6-14,18,24,26H,4-5H2,1-3H3/t18-/m1/s1. The molecule has 0 saturated heterocycles. The van der Waals surface area contributed by atoms with Crippen molar-refractivity contribution in [2.24, 2.45) is 0 Å². The number of imidazole rings is 1. The lowest BCUT2D eigenvalue weighted by Crippen LogP contribution is -2.45. The molecule has 8 nitrogen and oxygen atoms in total. The van der Waals surface area contributed by atoms with Gasteiger partial charge in [-0.25, -0.2) is 9.37 Å². The maximum absolute atomic E-state index is 13.3. The van der Waals surface area contributed by atoms with Crippen molar-refractivity contribution in [1.82, 2.24) is 34.5 Å². The van der Waals surface area contributed by atoms with Crippen molar-refractivity contribution in [2.45, 2.75) is 39.3 Å². The van der Waals surface area contributed by atoms with E-state index >= 15 is 0 Å². The average Bonchev–Trinajstić information content (AvgIpc) is 3.42. The Labute approximate surface area is 180 Å².